The first-order chi connectivity index (χ1) is 19.1. The first kappa shape index (κ1) is 29.6. The Kier molecular flexibility index (Phi) is 9.87. The zero-order valence-electron chi connectivity index (χ0n) is 23.6. The first-order valence-electron chi connectivity index (χ1n) is 13.9. The summed E-state index contributed by atoms with van der Waals surface area (Å²) in [4.78, 5) is 29.5. The lowest BCUT2D eigenvalue weighted by Crippen LogP contribution is -2.37. The van der Waals surface area contributed by atoms with Crippen molar-refractivity contribution in [2.45, 2.75) is 78.1 Å². The van der Waals surface area contributed by atoms with Crippen LogP contribution in [0.15, 0.2) is 48.7 Å². The van der Waals surface area contributed by atoms with Crippen molar-refractivity contribution in [3.05, 3.63) is 70.6 Å². The predicted molar refractivity (Wildman–Crippen MR) is 156 cm³/mol. The normalized spacial score (nSPS) is 14.6. The van der Waals surface area contributed by atoms with Crippen LogP contribution in [0.5, 0.6) is 5.75 Å². The summed E-state index contributed by atoms with van der Waals surface area (Å²) in [7, 11) is 0. The molecule has 1 aliphatic rings. The van der Waals surface area contributed by atoms with E-state index in [4.69, 9.17) is 21.3 Å². The van der Waals surface area contributed by atoms with Crippen molar-refractivity contribution < 1.29 is 19.4 Å². The van der Waals surface area contributed by atoms with Gasteiger partial charge in [0.2, 0.25) is 5.91 Å². The molecule has 2 aromatic carbocycles. The number of nitrogens with one attached hydrogen (secondary N) is 2. The fraction of sp³-hybridized carbons (Fsp3) is 0.452. The highest BCUT2D eigenvalue weighted by Gasteiger charge is 2.25. The molecule has 4 rings (SSSR count). The van der Waals surface area contributed by atoms with Gasteiger partial charge in [0.25, 0.3) is 5.91 Å². The maximum absolute atomic E-state index is 13.0. The second-order valence-electron chi connectivity index (χ2n) is 10.9. The van der Waals surface area contributed by atoms with Crippen LogP contribution in [0.3, 0.4) is 0 Å². The molecule has 40 heavy (non-hydrogen) atoms. The third kappa shape index (κ3) is 8.08. The molecule has 2 atom stereocenters. The Hall–Kier alpha value is -3.36. The van der Waals surface area contributed by atoms with Crippen LogP contribution in [-0.2, 0) is 17.8 Å². The Labute approximate surface area is 241 Å². The van der Waals surface area contributed by atoms with E-state index in [1.807, 2.05) is 45.0 Å². The lowest BCUT2D eigenvalue weighted by atomic mass is 10.0. The minimum absolute atomic E-state index is 0.0229. The van der Waals surface area contributed by atoms with Gasteiger partial charge in [-0.2, -0.15) is 0 Å². The molecule has 1 saturated carbocycles. The number of benzene rings is 2. The summed E-state index contributed by atoms with van der Waals surface area (Å²) in [6.45, 7) is 8.17. The highest BCUT2D eigenvalue weighted by Crippen LogP contribution is 2.33. The van der Waals surface area contributed by atoms with Gasteiger partial charge in [-0.15, -0.1) is 0 Å². The fourth-order valence-corrected chi connectivity index (χ4v) is 4.97. The average molecular weight is 567 g/mol. The summed E-state index contributed by atoms with van der Waals surface area (Å²) in [5, 5.41) is 16.0. The van der Waals surface area contributed by atoms with Gasteiger partial charge in [-0.1, -0.05) is 35.9 Å². The summed E-state index contributed by atoms with van der Waals surface area (Å²) in [5.74, 6) is 1.73. The fourth-order valence-electron chi connectivity index (χ4n) is 4.75. The van der Waals surface area contributed by atoms with Crippen molar-refractivity contribution in [3.63, 3.8) is 0 Å². The molecule has 9 heteroatoms. The average Bonchev–Trinajstić information content (AvgIpc) is 3.61. The highest BCUT2D eigenvalue weighted by molar-refractivity contribution is 6.32. The van der Waals surface area contributed by atoms with E-state index in [-0.39, 0.29) is 36.6 Å². The number of hydrogen-bond acceptors (Lipinski definition) is 5. The monoisotopic (exact) mass is 566 g/mol. The van der Waals surface area contributed by atoms with Gasteiger partial charge in [0.1, 0.15) is 11.6 Å². The molecule has 1 aliphatic carbocycles. The van der Waals surface area contributed by atoms with Crippen molar-refractivity contribution in [1.82, 2.24) is 20.2 Å². The van der Waals surface area contributed by atoms with Gasteiger partial charge in [0, 0.05) is 43.4 Å². The summed E-state index contributed by atoms with van der Waals surface area (Å²) in [6.07, 6.45) is 5.49. The number of aliphatic hydroxyl groups excluding tert-OH is 1. The number of amides is 2. The van der Waals surface area contributed by atoms with Gasteiger partial charge in [0.05, 0.1) is 22.9 Å². The van der Waals surface area contributed by atoms with Crippen LogP contribution in [0.2, 0.25) is 5.02 Å². The molecular weight excluding hydrogens is 528 g/mol. The van der Waals surface area contributed by atoms with Crippen molar-refractivity contribution >= 4 is 23.4 Å². The lowest BCUT2D eigenvalue weighted by molar-refractivity contribution is -0.119. The van der Waals surface area contributed by atoms with E-state index in [0.717, 1.165) is 29.2 Å². The number of nitrogens with zero attached hydrogens (tertiary/aromatic N) is 2. The van der Waals surface area contributed by atoms with Gasteiger partial charge in [0.15, 0.2) is 0 Å². The van der Waals surface area contributed by atoms with Crippen LogP contribution in [0, 0.1) is 5.92 Å². The Morgan fingerprint density at radius 1 is 1.12 bits per heavy atom. The molecule has 2 amide bonds. The topological polar surface area (TPSA) is 105 Å². The summed E-state index contributed by atoms with van der Waals surface area (Å²) < 4.78 is 7.82. The second kappa shape index (κ2) is 13.3. The van der Waals surface area contributed by atoms with Crippen molar-refractivity contribution in [2.24, 2.45) is 5.92 Å². The number of aliphatic hydroxyl groups is 1. The molecule has 1 fully saturated rings. The third-order valence-electron chi connectivity index (χ3n) is 6.87. The number of hydrogen-bond donors (Lipinski definition) is 3. The van der Waals surface area contributed by atoms with Gasteiger partial charge in [-0.05, 0) is 76.1 Å². The van der Waals surface area contributed by atoms with E-state index in [1.54, 1.807) is 18.2 Å². The Bertz CT molecular complexity index is 1320. The van der Waals surface area contributed by atoms with Crippen LogP contribution in [0.4, 0.5) is 0 Å². The second-order valence-corrected chi connectivity index (χ2v) is 11.3. The number of rotatable bonds is 13. The van der Waals surface area contributed by atoms with E-state index in [0.29, 0.717) is 35.1 Å². The molecule has 0 bridgehead atoms. The quantitative estimate of drug-likeness (QED) is 0.260. The highest BCUT2D eigenvalue weighted by atomic mass is 35.5. The van der Waals surface area contributed by atoms with Crippen LogP contribution in [0.1, 0.15) is 74.7 Å². The number of halogens is 1. The van der Waals surface area contributed by atoms with Crippen LogP contribution in [0.25, 0.3) is 11.3 Å². The Morgan fingerprint density at radius 2 is 1.85 bits per heavy atom. The van der Waals surface area contributed by atoms with Crippen molar-refractivity contribution in [2.75, 3.05) is 6.61 Å². The third-order valence-corrected chi connectivity index (χ3v) is 7.16. The van der Waals surface area contributed by atoms with Gasteiger partial charge in [-0.25, -0.2) is 4.98 Å². The van der Waals surface area contributed by atoms with E-state index < -0.39 is 0 Å². The van der Waals surface area contributed by atoms with E-state index in [9.17, 15) is 14.7 Å². The first-order valence-corrected chi connectivity index (χ1v) is 14.3. The zero-order valence-corrected chi connectivity index (χ0v) is 24.4. The number of carbonyl (C=O) groups is 2. The van der Waals surface area contributed by atoms with Gasteiger partial charge < -0.3 is 25.0 Å². The largest absolute Gasteiger partial charge is 0.489 e. The molecule has 214 valence electrons. The smallest absolute Gasteiger partial charge is 0.251 e. The molecule has 0 radical (unpaired) electrons. The van der Waals surface area contributed by atoms with Crippen LogP contribution in [-0.4, -0.2) is 45.2 Å². The molecule has 3 aromatic rings. The van der Waals surface area contributed by atoms with Gasteiger partial charge in [-0.3, -0.25) is 9.59 Å². The molecule has 1 heterocycles. The summed E-state index contributed by atoms with van der Waals surface area (Å²) >= 11 is 6.32. The number of aromatic nitrogens is 2. The summed E-state index contributed by atoms with van der Waals surface area (Å²) in [5.41, 5.74) is 3.31. The minimum atomic E-state index is -0.255. The standard InChI is InChI=1S/C31H39ClN4O4/c1-19(2)40-29-12-11-25(16-27(29)32)31(39)34-26(13-14-37)15-22-7-9-24(10-8-22)28-18-36(17-23-5-6-23)30(35-28)20(3)33-21(4)38/h7-12,16,18-20,23,26,37H,5-6,13-15,17H2,1-4H3,(H,33,38)(H,34,39)/t20-,26?/m0/s1. The molecular formula is C31H39ClN4O4. The molecule has 1 aromatic heterocycles. The SMILES string of the molecule is CC(=O)N[C@@H](C)c1nc(-c2ccc(CC(CCO)NC(=O)c3ccc(OC(C)C)c(Cl)c3)cc2)cn1CC1CC1. The maximum atomic E-state index is 13.0. The molecule has 0 saturated heterocycles. The summed E-state index contributed by atoms with van der Waals surface area (Å²) in [6, 6.07) is 12.7. The Morgan fingerprint density at radius 3 is 2.45 bits per heavy atom. The van der Waals surface area contributed by atoms with Crippen molar-refractivity contribution in [3.8, 4) is 17.0 Å². The molecule has 3 N–H and O–H groups in total. The van der Waals surface area contributed by atoms with Crippen molar-refractivity contribution in [1.29, 1.82) is 0 Å². The van der Waals surface area contributed by atoms with E-state index in [1.165, 1.54) is 19.8 Å². The van der Waals surface area contributed by atoms with E-state index >= 15 is 0 Å². The van der Waals surface area contributed by atoms with Crippen LogP contribution >= 0.6 is 11.6 Å². The van der Waals surface area contributed by atoms with Gasteiger partial charge >= 0.3 is 0 Å². The number of ether oxygens (including phenoxy) is 1. The number of imidazole rings is 1. The van der Waals surface area contributed by atoms with E-state index in [2.05, 4.69) is 21.4 Å². The van der Waals surface area contributed by atoms with Crippen LogP contribution < -0.4 is 15.4 Å². The number of carbonyl (C=O) groups excluding carboxylic acids is 2. The maximum Gasteiger partial charge on any atom is 0.251 e. The minimum Gasteiger partial charge on any atom is -0.489 e. The molecule has 8 nitrogen and oxygen atoms in total. The lowest BCUT2D eigenvalue weighted by Gasteiger charge is -2.19. The zero-order chi connectivity index (χ0) is 28.8. The Balaban J connectivity index is 1.44. The molecule has 0 spiro atoms. The molecule has 1 unspecified atom stereocenters. The predicted octanol–water partition coefficient (Wildman–Crippen LogP) is 5.32. The molecule has 0 aliphatic heterocycles.